The first-order valence-corrected chi connectivity index (χ1v) is 5.85. The average Bonchev–Trinajstić information content (AvgIpc) is 2.45. The van der Waals surface area contributed by atoms with Crippen molar-refractivity contribution < 1.29 is 27.9 Å². The number of halogens is 3. The number of carboxylic acid groups (broad SMARTS) is 1. The molecule has 0 aliphatic heterocycles. The van der Waals surface area contributed by atoms with Crippen LogP contribution < -0.4 is 0 Å². The zero-order chi connectivity index (χ0) is 15.6. The van der Waals surface area contributed by atoms with Gasteiger partial charge in [-0.2, -0.15) is 13.2 Å². The van der Waals surface area contributed by atoms with Crippen LogP contribution in [0, 0.1) is 0 Å². The molecule has 0 saturated heterocycles. The number of carbonyl (C=O) groups is 2. The molecule has 0 aliphatic carbocycles. The predicted octanol–water partition coefficient (Wildman–Crippen LogP) is 3.63. The molecule has 0 radical (unpaired) electrons. The standard InChI is InChI=1S/C15H9F3O3/c16-15(17,18)10-5-3-4-9(8-10)13(19)11-6-1-2-7-12(11)14(20)21/h1-8H,(H,20,21). The summed E-state index contributed by atoms with van der Waals surface area (Å²) in [5.74, 6) is -2.08. The van der Waals surface area contributed by atoms with Crippen molar-refractivity contribution in [3.63, 3.8) is 0 Å². The average molecular weight is 294 g/mol. The fraction of sp³-hybridized carbons (Fsp3) is 0.0667. The molecule has 0 aliphatic rings. The number of hydrogen-bond donors (Lipinski definition) is 1. The molecule has 2 aromatic rings. The first-order chi connectivity index (χ1) is 9.80. The van der Waals surface area contributed by atoms with Crippen molar-refractivity contribution in [2.75, 3.05) is 0 Å². The Morgan fingerprint density at radius 2 is 1.52 bits per heavy atom. The van der Waals surface area contributed by atoms with Gasteiger partial charge in [0.1, 0.15) is 0 Å². The smallest absolute Gasteiger partial charge is 0.416 e. The van der Waals surface area contributed by atoms with Crippen molar-refractivity contribution in [2.24, 2.45) is 0 Å². The van der Waals surface area contributed by atoms with Gasteiger partial charge in [0.15, 0.2) is 5.78 Å². The van der Waals surface area contributed by atoms with Crippen LogP contribution in [0.4, 0.5) is 13.2 Å². The zero-order valence-corrected chi connectivity index (χ0v) is 10.5. The van der Waals surface area contributed by atoms with E-state index in [9.17, 15) is 22.8 Å². The number of benzene rings is 2. The van der Waals surface area contributed by atoms with Crippen molar-refractivity contribution in [1.82, 2.24) is 0 Å². The Balaban J connectivity index is 2.49. The molecule has 0 heterocycles. The van der Waals surface area contributed by atoms with E-state index in [0.29, 0.717) is 6.07 Å². The van der Waals surface area contributed by atoms with Gasteiger partial charge in [0.05, 0.1) is 11.1 Å². The molecule has 0 amide bonds. The lowest BCUT2D eigenvalue weighted by atomic mass is 9.97. The maximum Gasteiger partial charge on any atom is 0.416 e. The fourth-order valence-corrected chi connectivity index (χ4v) is 1.86. The Kier molecular flexibility index (Phi) is 3.80. The van der Waals surface area contributed by atoms with Crippen LogP contribution in [0.2, 0.25) is 0 Å². The molecule has 0 atom stereocenters. The Morgan fingerprint density at radius 1 is 0.905 bits per heavy atom. The van der Waals surface area contributed by atoms with Crippen LogP contribution in [-0.4, -0.2) is 16.9 Å². The van der Waals surface area contributed by atoms with Crippen LogP contribution in [0.25, 0.3) is 0 Å². The second-order valence-electron chi connectivity index (χ2n) is 4.26. The second-order valence-corrected chi connectivity index (χ2v) is 4.26. The van der Waals surface area contributed by atoms with Gasteiger partial charge >= 0.3 is 12.1 Å². The molecule has 1 N–H and O–H groups in total. The van der Waals surface area contributed by atoms with Crippen LogP contribution in [0.3, 0.4) is 0 Å². The van der Waals surface area contributed by atoms with E-state index in [4.69, 9.17) is 5.11 Å². The first kappa shape index (κ1) is 14.8. The predicted molar refractivity (Wildman–Crippen MR) is 68.3 cm³/mol. The van der Waals surface area contributed by atoms with Crippen molar-refractivity contribution in [3.8, 4) is 0 Å². The molecule has 0 spiro atoms. The number of carbonyl (C=O) groups excluding carboxylic acids is 1. The highest BCUT2D eigenvalue weighted by molar-refractivity contribution is 6.14. The van der Waals surface area contributed by atoms with E-state index in [1.807, 2.05) is 0 Å². The molecule has 0 saturated carbocycles. The molecular weight excluding hydrogens is 285 g/mol. The summed E-state index contributed by atoms with van der Waals surface area (Å²) in [6.07, 6.45) is -4.57. The van der Waals surface area contributed by atoms with E-state index in [1.165, 1.54) is 30.3 Å². The molecule has 3 nitrogen and oxygen atoms in total. The molecule has 0 unspecified atom stereocenters. The SMILES string of the molecule is O=C(O)c1ccccc1C(=O)c1cccc(C(F)(F)F)c1. The molecule has 2 aromatic carbocycles. The molecule has 2 rings (SSSR count). The van der Waals surface area contributed by atoms with E-state index < -0.39 is 23.5 Å². The van der Waals surface area contributed by atoms with Crippen molar-refractivity contribution in [3.05, 3.63) is 70.8 Å². The topological polar surface area (TPSA) is 54.4 Å². The number of ketones is 1. The number of aromatic carboxylic acids is 1. The van der Waals surface area contributed by atoms with Crippen LogP contribution in [0.5, 0.6) is 0 Å². The summed E-state index contributed by atoms with van der Waals surface area (Å²) in [7, 11) is 0. The largest absolute Gasteiger partial charge is 0.478 e. The molecule has 0 aromatic heterocycles. The van der Waals surface area contributed by atoms with E-state index >= 15 is 0 Å². The quantitative estimate of drug-likeness (QED) is 0.879. The third-order valence-corrected chi connectivity index (χ3v) is 2.85. The van der Waals surface area contributed by atoms with E-state index in [-0.39, 0.29) is 16.7 Å². The lowest BCUT2D eigenvalue weighted by Gasteiger charge is -2.09. The van der Waals surface area contributed by atoms with Gasteiger partial charge in [-0.25, -0.2) is 4.79 Å². The van der Waals surface area contributed by atoms with Crippen LogP contribution in [0.1, 0.15) is 31.8 Å². The minimum Gasteiger partial charge on any atom is -0.478 e. The molecule has 0 fully saturated rings. The maximum absolute atomic E-state index is 12.6. The van der Waals surface area contributed by atoms with Gasteiger partial charge in [-0.15, -0.1) is 0 Å². The molecular formula is C15H9F3O3. The summed E-state index contributed by atoms with van der Waals surface area (Å²) in [6.45, 7) is 0. The maximum atomic E-state index is 12.6. The zero-order valence-electron chi connectivity index (χ0n) is 10.5. The van der Waals surface area contributed by atoms with E-state index in [1.54, 1.807) is 0 Å². The third-order valence-electron chi connectivity index (χ3n) is 2.85. The lowest BCUT2D eigenvalue weighted by molar-refractivity contribution is -0.137. The first-order valence-electron chi connectivity index (χ1n) is 5.85. The van der Waals surface area contributed by atoms with Crippen LogP contribution >= 0.6 is 0 Å². The van der Waals surface area contributed by atoms with Gasteiger partial charge in [0.2, 0.25) is 0 Å². The van der Waals surface area contributed by atoms with Crippen LogP contribution in [0.15, 0.2) is 48.5 Å². The highest BCUT2D eigenvalue weighted by atomic mass is 19.4. The van der Waals surface area contributed by atoms with E-state index in [0.717, 1.165) is 12.1 Å². The van der Waals surface area contributed by atoms with Gasteiger partial charge in [0.25, 0.3) is 0 Å². The van der Waals surface area contributed by atoms with Gasteiger partial charge in [-0.1, -0.05) is 30.3 Å². The monoisotopic (exact) mass is 294 g/mol. The summed E-state index contributed by atoms with van der Waals surface area (Å²) in [5, 5.41) is 9.01. The van der Waals surface area contributed by atoms with Gasteiger partial charge < -0.3 is 5.11 Å². The Labute approximate surface area is 117 Å². The minimum atomic E-state index is -4.57. The summed E-state index contributed by atoms with van der Waals surface area (Å²) in [6, 6.07) is 9.27. The van der Waals surface area contributed by atoms with Gasteiger partial charge in [0, 0.05) is 11.1 Å². The van der Waals surface area contributed by atoms with E-state index in [2.05, 4.69) is 0 Å². The molecule has 108 valence electrons. The highest BCUT2D eigenvalue weighted by Gasteiger charge is 2.31. The number of alkyl halides is 3. The van der Waals surface area contributed by atoms with Crippen molar-refractivity contribution >= 4 is 11.8 Å². The fourth-order valence-electron chi connectivity index (χ4n) is 1.86. The Bertz CT molecular complexity index is 705. The number of carboxylic acids is 1. The summed E-state index contributed by atoms with van der Waals surface area (Å²) in [4.78, 5) is 23.3. The molecule has 0 bridgehead atoms. The molecule has 6 heteroatoms. The molecule has 21 heavy (non-hydrogen) atoms. The Morgan fingerprint density at radius 3 is 2.10 bits per heavy atom. The summed E-state index contributed by atoms with van der Waals surface area (Å²) < 4.78 is 37.9. The van der Waals surface area contributed by atoms with Gasteiger partial charge in [-0.3, -0.25) is 4.79 Å². The number of hydrogen-bond acceptors (Lipinski definition) is 2. The normalized spacial score (nSPS) is 11.2. The van der Waals surface area contributed by atoms with Crippen molar-refractivity contribution in [1.29, 1.82) is 0 Å². The Hall–Kier alpha value is -2.63. The highest BCUT2D eigenvalue weighted by Crippen LogP contribution is 2.30. The summed E-state index contributed by atoms with van der Waals surface area (Å²) in [5.41, 5.74) is -1.57. The minimum absolute atomic E-state index is 0.149. The van der Waals surface area contributed by atoms with Gasteiger partial charge in [-0.05, 0) is 18.2 Å². The third kappa shape index (κ3) is 3.10. The summed E-state index contributed by atoms with van der Waals surface area (Å²) >= 11 is 0. The van der Waals surface area contributed by atoms with Crippen LogP contribution in [-0.2, 0) is 6.18 Å². The van der Waals surface area contributed by atoms with Crippen molar-refractivity contribution in [2.45, 2.75) is 6.18 Å². The lowest BCUT2D eigenvalue weighted by Crippen LogP contribution is -2.11. The number of rotatable bonds is 3. The second kappa shape index (κ2) is 5.40.